The Kier molecular flexibility index (Phi) is 4.95. The fraction of sp³-hybridized carbons (Fsp3) is 0.600. The largest absolute Gasteiger partial charge is 0.582 e. The molecule has 0 aliphatic carbocycles. The number of ether oxygens (including phenoxy) is 1. The van der Waals surface area contributed by atoms with E-state index < -0.39 is 49.2 Å². The van der Waals surface area contributed by atoms with Gasteiger partial charge in [-0.25, -0.2) is 9.18 Å². The van der Waals surface area contributed by atoms with Gasteiger partial charge in [0.2, 0.25) is 0 Å². The molecule has 1 aromatic heterocycles. The van der Waals surface area contributed by atoms with Crippen LogP contribution in [0.2, 0.25) is 0 Å². The first-order valence-corrected chi connectivity index (χ1v) is 8.26. The maximum absolute atomic E-state index is 14.4. The van der Waals surface area contributed by atoms with Gasteiger partial charge in [-0.15, -0.1) is 4.52 Å². The van der Waals surface area contributed by atoms with Crippen molar-refractivity contribution in [2.45, 2.75) is 37.6 Å². The third-order valence-electron chi connectivity index (χ3n) is 3.02. The van der Waals surface area contributed by atoms with Crippen LogP contribution in [0.5, 0.6) is 0 Å². The van der Waals surface area contributed by atoms with Crippen molar-refractivity contribution in [1.29, 1.82) is 0 Å². The molecule has 116 valence electrons. The van der Waals surface area contributed by atoms with E-state index in [0.717, 1.165) is 16.8 Å². The third kappa shape index (κ3) is 3.41. The highest BCUT2D eigenvalue weighted by Gasteiger charge is 2.52. The van der Waals surface area contributed by atoms with E-state index in [1.54, 1.807) is 0 Å². The van der Waals surface area contributed by atoms with E-state index in [9.17, 15) is 23.7 Å². The lowest BCUT2D eigenvalue weighted by atomic mass is 10.1. The summed E-state index contributed by atoms with van der Waals surface area (Å²) in [5, 5.41) is 9.59. The summed E-state index contributed by atoms with van der Waals surface area (Å²) < 4.78 is 36.4. The highest BCUT2D eigenvalue weighted by molar-refractivity contribution is 8.39. The summed E-state index contributed by atoms with van der Waals surface area (Å²) >= 11 is 3.54. The number of rotatable bonds is 4. The SMILES string of the molecule is C[C@H](O)C1OC(n2ccc(=O)[nH]c2=O)C(F)C1O[P+](=O)S. The predicted octanol–water partition coefficient (Wildman–Crippen LogP) is 0.125. The molecule has 21 heavy (non-hydrogen) atoms. The topological polar surface area (TPSA) is 111 Å². The van der Waals surface area contributed by atoms with Crippen LogP contribution in [0.3, 0.4) is 0 Å². The molecule has 1 aromatic rings. The van der Waals surface area contributed by atoms with Crippen LogP contribution in [-0.4, -0.2) is 39.1 Å². The molecule has 0 aromatic carbocycles. The van der Waals surface area contributed by atoms with Crippen LogP contribution in [0.25, 0.3) is 0 Å². The molecule has 1 aliphatic rings. The van der Waals surface area contributed by atoms with E-state index in [1.807, 2.05) is 4.98 Å². The van der Waals surface area contributed by atoms with E-state index in [1.165, 1.54) is 6.92 Å². The summed E-state index contributed by atoms with van der Waals surface area (Å²) in [6, 6.07) is 1.03. The van der Waals surface area contributed by atoms with Gasteiger partial charge in [0.25, 0.3) is 5.56 Å². The minimum atomic E-state index is -2.42. The van der Waals surface area contributed by atoms with Gasteiger partial charge >= 0.3 is 12.9 Å². The standard InChI is InChI=1S/C10H12FN2O6PS/c1-4(14)7-8(19-20(17)21)6(11)9(18-7)13-3-2-5(15)12-10(13)16/h2-4,6-9,14H,1H3,(H-,12,15,16,17,21)/p+1/t4-,6?,7?,8?,9?/m0/s1. The highest BCUT2D eigenvalue weighted by atomic mass is 32.7. The van der Waals surface area contributed by atoms with Gasteiger partial charge in [0.15, 0.2) is 18.5 Å². The first-order chi connectivity index (χ1) is 9.81. The van der Waals surface area contributed by atoms with Crippen LogP contribution in [-0.2, 0) is 13.8 Å². The Morgan fingerprint density at radius 2 is 2.29 bits per heavy atom. The number of H-pyrrole nitrogens is 1. The second-order valence-electron chi connectivity index (χ2n) is 4.50. The lowest BCUT2D eigenvalue weighted by Crippen LogP contribution is -2.37. The molecule has 6 atom stereocenters. The molecular weight excluding hydrogens is 326 g/mol. The first-order valence-electron chi connectivity index (χ1n) is 5.93. The van der Waals surface area contributed by atoms with Crippen molar-refractivity contribution in [3.05, 3.63) is 33.1 Å². The zero-order chi connectivity index (χ0) is 15.7. The minimum Gasteiger partial charge on any atom is -0.391 e. The highest BCUT2D eigenvalue weighted by Crippen LogP contribution is 2.40. The fourth-order valence-electron chi connectivity index (χ4n) is 2.11. The van der Waals surface area contributed by atoms with Crippen LogP contribution in [0.4, 0.5) is 4.39 Å². The van der Waals surface area contributed by atoms with Crippen molar-refractivity contribution in [3.63, 3.8) is 0 Å². The molecule has 2 N–H and O–H groups in total. The quantitative estimate of drug-likeness (QED) is 0.531. The summed E-state index contributed by atoms with van der Waals surface area (Å²) in [6.45, 7) is 1.34. The van der Waals surface area contributed by atoms with Crippen molar-refractivity contribution in [1.82, 2.24) is 9.55 Å². The van der Waals surface area contributed by atoms with Crippen LogP contribution in [0, 0.1) is 0 Å². The summed E-state index contributed by atoms with van der Waals surface area (Å²) in [4.78, 5) is 24.6. The lowest BCUT2D eigenvalue weighted by molar-refractivity contribution is -0.0747. The fourth-order valence-corrected chi connectivity index (χ4v) is 2.89. The van der Waals surface area contributed by atoms with Crippen LogP contribution >= 0.6 is 19.5 Å². The van der Waals surface area contributed by atoms with Crippen LogP contribution < -0.4 is 11.2 Å². The van der Waals surface area contributed by atoms with Crippen molar-refractivity contribution in [2.75, 3.05) is 0 Å². The lowest BCUT2D eigenvalue weighted by Gasteiger charge is -2.17. The van der Waals surface area contributed by atoms with E-state index in [0.29, 0.717) is 0 Å². The Labute approximate surface area is 123 Å². The van der Waals surface area contributed by atoms with Gasteiger partial charge in [-0.2, -0.15) is 0 Å². The van der Waals surface area contributed by atoms with Crippen LogP contribution in [0.15, 0.2) is 21.9 Å². The monoisotopic (exact) mass is 339 g/mol. The maximum Gasteiger partial charge on any atom is 0.582 e. The molecule has 5 unspecified atom stereocenters. The molecule has 0 spiro atoms. The summed E-state index contributed by atoms with van der Waals surface area (Å²) in [5.74, 6) is 0. The molecule has 1 aliphatic heterocycles. The number of aromatic nitrogens is 2. The maximum atomic E-state index is 14.4. The first kappa shape index (κ1) is 16.3. The molecule has 0 saturated carbocycles. The average molecular weight is 339 g/mol. The molecule has 1 fully saturated rings. The van der Waals surface area contributed by atoms with Gasteiger partial charge in [-0.3, -0.25) is 14.3 Å². The number of aromatic amines is 1. The number of hydrogen-bond donors (Lipinski definition) is 3. The number of aliphatic hydroxyl groups is 1. The van der Waals surface area contributed by atoms with Gasteiger partial charge in [0.1, 0.15) is 18.4 Å². The zero-order valence-electron chi connectivity index (χ0n) is 10.7. The summed E-state index contributed by atoms with van der Waals surface area (Å²) in [6.07, 6.45) is -5.83. The van der Waals surface area contributed by atoms with Crippen molar-refractivity contribution in [3.8, 4) is 0 Å². The number of hydrogen-bond acceptors (Lipinski definition) is 6. The van der Waals surface area contributed by atoms with Gasteiger partial charge in [-0.1, -0.05) is 0 Å². The number of nitrogens with one attached hydrogen (secondary N) is 1. The Balaban J connectivity index is 2.35. The minimum absolute atomic E-state index is 0.636. The Morgan fingerprint density at radius 3 is 2.81 bits per heavy atom. The smallest absolute Gasteiger partial charge is 0.391 e. The number of halogens is 1. The molecule has 0 amide bonds. The van der Waals surface area contributed by atoms with Crippen molar-refractivity contribution >= 4 is 19.5 Å². The van der Waals surface area contributed by atoms with Gasteiger partial charge in [-0.05, 0) is 11.5 Å². The zero-order valence-corrected chi connectivity index (χ0v) is 12.5. The molecule has 2 heterocycles. The molecule has 1 saturated heterocycles. The van der Waals surface area contributed by atoms with E-state index in [2.05, 4.69) is 12.2 Å². The number of thiol groups is 1. The Morgan fingerprint density at radius 1 is 1.62 bits per heavy atom. The number of aliphatic hydroxyl groups excluding tert-OH is 1. The average Bonchev–Trinajstić information content (AvgIpc) is 2.67. The van der Waals surface area contributed by atoms with E-state index >= 15 is 0 Å². The number of alkyl halides is 1. The van der Waals surface area contributed by atoms with Gasteiger partial charge in [0.05, 0.1) is 6.10 Å². The molecule has 0 bridgehead atoms. The van der Waals surface area contributed by atoms with Crippen LogP contribution in [0.1, 0.15) is 13.2 Å². The molecule has 2 rings (SSSR count). The molecule has 8 nitrogen and oxygen atoms in total. The third-order valence-corrected chi connectivity index (χ3v) is 3.73. The summed E-state index contributed by atoms with van der Waals surface area (Å²) in [7, 11) is -2.42. The van der Waals surface area contributed by atoms with Gasteiger partial charge in [0, 0.05) is 12.3 Å². The summed E-state index contributed by atoms with van der Waals surface area (Å²) in [5.41, 5.74) is -1.50. The van der Waals surface area contributed by atoms with Crippen molar-refractivity contribution < 1.29 is 23.3 Å². The molecular formula is C10H13FN2O6PS+. The Bertz CT molecular complexity index is 649. The molecule has 0 radical (unpaired) electrons. The Hall–Kier alpha value is -1.06. The second kappa shape index (κ2) is 6.37. The molecule has 11 heteroatoms. The normalized spacial score (nSPS) is 31.1. The number of nitrogens with zero attached hydrogens (tertiary/aromatic N) is 1. The predicted molar refractivity (Wildman–Crippen MR) is 73.3 cm³/mol. The van der Waals surface area contributed by atoms with E-state index in [4.69, 9.17) is 9.26 Å². The van der Waals surface area contributed by atoms with Crippen molar-refractivity contribution in [2.24, 2.45) is 0 Å². The van der Waals surface area contributed by atoms with E-state index in [-0.39, 0.29) is 0 Å². The second-order valence-corrected chi connectivity index (χ2v) is 6.17. The van der Waals surface area contributed by atoms with Gasteiger partial charge < -0.3 is 9.84 Å².